The van der Waals surface area contributed by atoms with Gasteiger partial charge in [0.1, 0.15) is 5.52 Å². The molecule has 3 aromatic carbocycles. The van der Waals surface area contributed by atoms with Gasteiger partial charge in [-0.15, -0.1) is 0 Å². The maximum absolute atomic E-state index is 12.1. The highest BCUT2D eigenvalue weighted by atomic mass is 16.3. The summed E-state index contributed by atoms with van der Waals surface area (Å²) in [6.45, 7) is 0. The molecular formula is C22H18N2O2. The Hall–Kier alpha value is -3.40. The highest BCUT2D eigenvalue weighted by molar-refractivity contribution is 5.91. The number of hydrogen-bond donors (Lipinski definition) is 1. The highest BCUT2D eigenvalue weighted by Gasteiger charge is 2.08. The van der Waals surface area contributed by atoms with Gasteiger partial charge in [-0.25, -0.2) is 4.98 Å². The minimum Gasteiger partial charge on any atom is -0.436 e. The van der Waals surface area contributed by atoms with E-state index in [1.54, 1.807) is 0 Å². The first kappa shape index (κ1) is 16.1. The molecule has 1 N–H and O–H groups in total. The monoisotopic (exact) mass is 342 g/mol. The summed E-state index contributed by atoms with van der Waals surface area (Å²) >= 11 is 0. The molecule has 128 valence electrons. The Morgan fingerprint density at radius 2 is 1.62 bits per heavy atom. The normalized spacial score (nSPS) is 10.8. The van der Waals surface area contributed by atoms with Gasteiger partial charge >= 0.3 is 0 Å². The van der Waals surface area contributed by atoms with E-state index >= 15 is 0 Å². The smallest absolute Gasteiger partial charge is 0.227 e. The van der Waals surface area contributed by atoms with Crippen LogP contribution in [0.15, 0.2) is 83.3 Å². The van der Waals surface area contributed by atoms with Crippen LogP contribution in [-0.2, 0) is 11.2 Å². The number of para-hydroxylation sites is 2. The van der Waals surface area contributed by atoms with Crippen molar-refractivity contribution in [1.29, 1.82) is 0 Å². The van der Waals surface area contributed by atoms with Crippen molar-refractivity contribution in [3.63, 3.8) is 0 Å². The Kier molecular flexibility index (Phi) is 4.48. The summed E-state index contributed by atoms with van der Waals surface area (Å²) in [5.41, 5.74) is 4.40. The summed E-state index contributed by atoms with van der Waals surface area (Å²) in [6, 6.07) is 25.2. The third-order valence-electron chi connectivity index (χ3n) is 4.19. The van der Waals surface area contributed by atoms with Crippen molar-refractivity contribution in [2.75, 3.05) is 5.32 Å². The first-order valence-electron chi connectivity index (χ1n) is 8.58. The molecule has 0 fully saturated rings. The largest absolute Gasteiger partial charge is 0.436 e. The number of nitrogens with zero attached hydrogens (tertiary/aromatic N) is 1. The number of benzene rings is 3. The molecule has 0 aliphatic rings. The van der Waals surface area contributed by atoms with Gasteiger partial charge in [-0.1, -0.05) is 42.5 Å². The second kappa shape index (κ2) is 7.23. The lowest BCUT2D eigenvalue weighted by atomic mass is 10.1. The SMILES string of the molecule is O=C(CCc1ccccc1)Nc1ccc(-c2nc3ccccc3o2)cc1. The van der Waals surface area contributed by atoms with Crippen molar-refractivity contribution in [3.8, 4) is 11.5 Å². The van der Waals surface area contributed by atoms with Crippen molar-refractivity contribution in [3.05, 3.63) is 84.4 Å². The van der Waals surface area contributed by atoms with Gasteiger partial charge < -0.3 is 9.73 Å². The maximum Gasteiger partial charge on any atom is 0.227 e. The van der Waals surface area contributed by atoms with Gasteiger partial charge in [-0.05, 0) is 48.4 Å². The molecule has 4 heteroatoms. The number of carbonyl (C=O) groups is 1. The lowest BCUT2D eigenvalue weighted by molar-refractivity contribution is -0.116. The molecule has 0 aliphatic heterocycles. The molecular weight excluding hydrogens is 324 g/mol. The third-order valence-corrected chi connectivity index (χ3v) is 4.19. The van der Waals surface area contributed by atoms with Crippen LogP contribution in [0.25, 0.3) is 22.6 Å². The second-order valence-corrected chi connectivity index (χ2v) is 6.10. The topological polar surface area (TPSA) is 55.1 Å². The molecule has 4 aromatic rings. The summed E-state index contributed by atoms with van der Waals surface area (Å²) in [6.07, 6.45) is 1.19. The fourth-order valence-electron chi connectivity index (χ4n) is 2.82. The van der Waals surface area contributed by atoms with Crippen molar-refractivity contribution in [2.45, 2.75) is 12.8 Å². The zero-order valence-corrected chi connectivity index (χ0v) is 14.2. The van der Waals surface area contributed by atoms with E-state index in [2.05, 4.69) is 10.3 Å². The molecule has 26 heavy (non-hydrogen) atoms. The molecule has 0 unspecified atom stereocenters. The Morgan fingerprint density at radius 1 is 0.885 bits per heavy atom. The minimum atomic E-state index is 0.00321. The average molecular weight is 342 g/mol. The molecule has 0 spiro atoms. The Balaban J connectivity index is 1.40. The second-order valence-electron chi connectivity index (χ2n) is 6.10. The van der Waals surface area contributed by atoms with Gasteiger partial charge in [0.05, 0.1) is 0 Å². The molecule has 0 radical (unpaired) electrons. The number of nitrogens with one attached hydrogen (secondary N) is 1. The summed E-state index contributed by atoms with van der Waals surface area (Å²) in [5.74, 6) is 0.580. The lowest BCUT2D eigenvalue weighted by Gasteiger charge is -2.06. The molecule has 4 rings (SSSR count). The number of fused-ring (bicyclic) bond motifs is 1. The fourth-order valence-corrected chi connectivity index (χ4v) is 2.82. The number of amides is 1. The molecule has 4 nitrogen and oxygen atoms in total. The number of aryl methyl sites for hydroxylation is 1. The van der Waals surface area contributed by atoms with Crippen LogP contribution in [0, 0.1) is 0 Å². The van der Waals surface area contributed by atoms with E-state index in [9.17, 15) is 4.79 Å². The Morgan fingerprint density at radius 3 is 2.38 bits per heavy atom. The van der Waals surface area contributed by atoms with E-state index < -0.39 is 0 Å². The molecule has 0 saturated carbocycles. The Labute approximate surface area is 151 Å². The van der Waals surface area contributed by atoms with Crippen LogP contribution in [0.1, 0.15) is 12.0 Å². The van der Waals surface area contributed by atoms with Crippen LogP contribution in [0.3, 0.4) is 0 Å². The maximum atomic E-state index is 12.1. The number of rotatable bonds is 5. The minimum absolute atomic E-state index is 0.00321. The van der Waals surface area contributed by atoms with Crippen LogP contribution < -0.4 is 5.32 Å². The van der Waals surface area contributed by atoms with Gasteiger partial charge in [-0.2, -0.15) is 0 Å². The average Bonchev–Trinajstić information content (AvgIpc) is 3.12. The zero-order chi connectivity index (χ0) is 17.8. The molecule has 0 atom stereocenters. The van der Waals surface area contributed by atoms with E-state index in [4.69, 9.17) is 4.42 Å². The predicted octanol–water partition coefficient (Wildman–Crippen LogP) is 5.07. The van der Waals surface area contributed by atoms with Crippen LogP contribution >= 0.6 is 0 Å². The van der Waals surface area contributed by atoms with Crippen LogP contribution in [0.4, 0.5) is 5.69 Å². The van der Waals surface area contributed by atoms with Gasteiger partial charge in [0.15, 0.2) is 5.58 Å². The van der Waals surface area contributed by atoms with Crippen molar-refractivity contribution >= 4 is 22.7 Å². The number of aromatic nitrogens is 1. The van der Waals surface area contributed by atoms with E-state index in [0.717, 1.165) is 34.3 Å². The number of hydrogen-bond acceptors (Lipinski definition) is 3. The van der Waals surface area contributed by atoms with Gasteiger partial charge in [0.25, 0.3) is 0 Å². The third kappa shape index (κ3) is 3.64. The van der Waals surface area contributed by atoms with Crippen molar-refractivity contribution < 1.29 is 9.21 Å². The number of anilines is 1. The molecule has 1 amide bonds. The quantitative estimate of drug-likeness (QED) is 0.551. The molecule has 0 aliphatic carbocycles. The Bertz CT molecular complexity index is 988. The van der Waals surface area contributed by atoms with E-state index in [1.807, 2.05) is 78.9 Å². The van der Waals surface area contributed by atoms with Crippen molar-refractivity contribution in [1.82, 2.24) is 4.98 Å². The zero-order valence-electron chi connectivity index (χ0n) is 14.2. The molecule has 0 bridgehead atoms. The van der Waals surface area contributed by atoms with E-state index in [-0.39, 0.29) is 5.91 Å². The van der Waals surface area contributed by atoms with E-state index in [1.165, 1.54) is 0 Å². The summed E-state index contributed by atoms with van der Waals surface area (Å²) in [5, 5.41) is 2.93. The van der Waals surface area contributed by atoms with Crippen LogP contribution in [0.5, 0.6) is 0 Å². The van der Waals surface area contributed by atoms with Crippen molar-refractivity contribution in [2.24, 2.45) is 0 Å². The lowest BCUT2D eigenvalue weighted by Crippen LogP contribution is -2.12. The van der Waals surface area contributed by atoms with Gasteiger partial charge in [-0.3, -0.25) is 4.79 Å². The number of carbonyl (C=O) groups excluding carboxylic acids is 1. The molecule has 0 saturated heterocycles. The first-order chi connectivity index (χ1) is 12.8. The predicted molar refractivity (Wildman–Crippen MR) is 103 cm³/mol. The fraction of sp³-hybridized carbons (Fsp3) is 0.0909. The molecule has 1 aromatic heterocycles. The summed E-state index contributed by atoms with van der Waals surface area (Å²) in [7, 11) is 0. The molecule has 1 heterocycles. The van der Waals surface area contributed by atoms with Crippen LogP contribution in [-0.4, -0.2) is 10.9 Å². The van der Waals surface area contributed by atoms with Crippen LogP contribution in [0.2, 0.25) is 0 Å². The first-order valence-corrected chi connectivity index (χ1v) is 8.58. The van der Waals surface area contributed by atoms with E-state index in [0.29, 0.717) is 12.3 Å². The summed E-state index contributed by atoms with van der Waals surface area (Å²) in [4.78, 5) is 16.6. The van der Waals surface area contributed by atoms with Gasteiger partial charge in [0, 0.05) is 17.7 Å². The number of oxazole rings is 1. The van der Waals surface area contributed by atoms with Gasteiger partial charge in [0.2, 0.25) is 11.8 Å². The summed E-state index contributed by atoms with van der Waals surface area (Å²) < 4.78 is 5.76. The highest BCUT2D eigenvalue weighted by Crippen LogP contribution is 2.25. The standard InChI is InChI=1S/C22H18N2O2/c25-21(15-10-16-6-2-1-3-7-16)23-18-13-11-17(12-14-18)22-24-19-8-4-5-9-20(19)26-22/h1-9,11-14H,10,15H2,(H,23,25).